The van der Waals surface area contributed by atoms with Gasteiger partial charge in [0.25, 0.3) is 0 Å². The highest BCUT2D eigenvalue weighted by Gasteiger charge is 2.34. The van der Waals surface area contributed by atoms with Crippen molar-refractivity contribution < 1.29 is 16.8 Å². The maximum atomic E-state index is 12.5. The normalized spacial score (nSPS) is 20.2. The largest absolute Gasteiger partial charge is 0.329 e. The van der Waals surface area contributed by atoms with E-state index in [0.29, 0.717) is 13.0 Å². The summed E-state index contributed by atoms with van der Waals surface area (Å²) in [5, 5.41) is 5.02. The summed E-state index contributed by atoms with van der Waals surface area (Å²) in [7, 11) is -7.69. The fourth-order valence-corrected chi connectivity index (χ4v) is 4.69. The number of rotatable bonds is 4. The molecule has 0 aromatic heterocycles. The molecule has 1 saturated heterocycles. The van der Waals surface area contributed by atoms with Crippen molar-refractivity contribution in [2.24, 2.45) is 10.9 Å². The van der Waals surface area contributed by atoms with E-state index in [-0.39, 0.29) is 34.8 Å². The molecule has 1 aliphatic heterocycles. The molecule has 7 nitrogen and oxygen atoms in total. The predicted octanol–water partition coefficient (Wildman–Crippen LogP) is -0.132. The standard InChI is InChI=1S/C11H17N3O4S2.ClH/c12-8-9-3-2-6-14(9)20(17,18)11-5-1-4-10(7-11)19(13,15)16;/h1,4-5,7,9H,2-3,6,8,12H2,(H2,13,15,16);1H. The number of hydrogen-bond acceptors (Lipinski definition) is 5. The lowest BCUT2D eigenvalue weighted by Crippen LogP contribution is -2.39. The highest BCUT2D eigenvalue weighted by atomic mass is 35.5. The fraction of sp³-hybridized carbons (Fsp3) is 0.455. The van der Waals surface area contributed by atoms with E-state index in [1.807, 2.05) is 0 Å². The van der Waals surface area contributed by atoms with Crippen LogP contribution in [-0.4, -0.2) is 40.3 Å². The van der Waals surface area contributed by atoms with Crippen LogP contribution in [0, 0.1) is 0 Å². The molecular weight excluding hydrogens is 338 g/mol. The Balaban J connectivity index is 0.00000220. The van der Waals surface area contributed by atoms with Gasteiger partial charge in [-0.15, -0.1) is 12.4 Å². The van der Waals surface area contributed by atoms with E-state index in [4.69, 9.17) is 10.9 Å². The average Bonchev–Trinajstić information content (AvgIpc) is 2.87. The maximum Gasteiger partial charge on any atom is 0.243 e. The van der Waals surface area contributed by atoms with Gasteiger partial charge in [-0.25, -0.2) is 22.0 Å². The van der Waals surface area contributed by atoms with Crippen LogP contribution in [0.4, 0.5) is 0 Å². The minimum Gasteiger partial charge on any atom is -0.329 e. The third-order valence-electron chi connectivity index (χ3n) is 3.34. The number of benzene rings is 1. The van der Waals surface area contributed by atoms with Gasteiger partial charge in [0, 0.05) is 19.1 Å². The number of nitrogens with zero attached hydrogens (tertiary/aromatic N) is 1. The molecule has 1 fully saturated rings. The lowest BCUT2D eigenvalue weighted by atomic mass is 10.2. The number of nitrogens with two attached hydrogens (primary N) is 2. The Morgan fingerprint density at radius 2 is 1.81 bits per heavy atom. The Kier molecular flexibility index (Phi) is 5.76. The van der Waals surface area contributed by atoms with Crippen LogP contribution in [0.5, 0.6) is 0 Å². The first-order valence-corrected chi connectivity index (χ1v) is 9.10. The van der Waals surface area contributed by atoms with Gasteiger partial charge < -0.3 is 5.73 Å². The first-order chi connectivity index (χ1) is 9.26. The zero-order valence-corrected chi connectivity index (χ0v) is 13.6. The fourth-order valence-electron chi connectivity index (χ4n) is 2.31. The monoisotopic (exact) mass is 355 g/mol. The second-order valence-corrected chi connectivity index (χ2v) is 8.12. The second kappa shape index (κ2) is 6.59. The Bertz CT molecular complexity index is 706. The van der Waals surface area contributed by atoms with Crippen molar-refractivity contribution in [3.8, 4) is 0 Å². The number of halogens is 1. The van der Waals surface area contributed by atoms with Gasteiger partial charge in [0.05, 0.1) is 9.79 Å². The third-order valence-corrected chi connectivity index (χ3v) is 6.19. The van der Waals surface area contributed by atoms with Gasteiger partial charge in [-0.3, -0.25) is 0 Å². The average molecular weight is 356 g/mol. The summed E-state index contributed by atoms with van der Waals surface area (Å²) in [6.07, 6.45) is 1.46. The van der Waals surface area contributed by atoms with Crippen molar-refractivity contribution in [3.05, 3.63) is 24.3 Å². The zero-order valence-electron chi connectivity index (χ0n) is 11.2. The van der Waals surface area contributed by atoms with E-state index in [9.17, 15) is 16.8 Å². The lowest BCUT2D eigenvalue weighted by molar-refractivity contribution is 0.393. The summed E-state index contributed by atoms with van der Waals surface area (Å²) in [6, 6.07) is 4.82. The van der Waals surface area contributed by atoms with Crippen LogP contribution in [0.3, 0.4) is 0 Å². The van der Waals surface area contributed by atoms with Crippen LogP contribution >= 0.6 is 12.4 Å². The van der Waals surface area contributed by atoms with E-state index in [0.717, 1.165) is 12.5 Å². The van der Waals surface area contributed by atoms with Gasteiger partial charge in [-0.1, -0.05) is 6.07 Å². The topological polar surface area (TPSA) is 124 Å². The number of primary sulfonamides is 1. The molecule has 120 valence electrons. The Labute approximate surface area is 130 Å². The van der Waals surface area contributed by atoms with Crippen LogP contribution < -0.4 is 10.9 Å². The Hall–Kier alpha value is -0.710. The maximum absolute atomic E-state index is 12.5. The molecule has 2 rings (SSSR count). The van der Waals surface area contributed by atoms with Crippen LogP contribution in [0.2, 0.25) is 0 Å². The smallest absolute Gasteiger partial charge is 0.243 e. The van der Waals surface area contributed by atoms with Crippen LogP contribution in [0.25, 0.3) is 0 Å². The molecule has 0 spiro atoms. The summed E-state index contributed by atoms with van der Waals surface area (Å²) in [5.41, 5.74) is 5.58. The molecule has 1 atom stereocenters. The molecule has 1 aromatic carbocycles. The summed E-state index contributed by atoms with van der Waals surface area (Å²) >= 11 is 0. The number of hydrogen-bond donors (Lipinski definition) is 2. The Morgan fingerprint density at radius 3 is 2.38 bits per heavy atom. The molecular formula is C11H18ClN3O4S2. The molecule has 1 heterocycles. The van der Waals surface area contributed by atoms with E-state index < -0.39 is 20.0 Å². The molecule has 21 heavy (non-hydrogen) atoms. The zero-order chi connectivity index (χ0) is 15.0. The molecule has 0 saturated carbocycles. The van der Waals surface area contributed by atoms with Gasteiger partial charge in [-0.2, -0.15) is 4.31 Å². The second-order valence-electron chi connectivity index (χ2n) is 4.67. The minimum absolute atomic E-state index is 0. The summed E-state index contributed by atoms with van der Waals surface area (Å²) in [4.78, 5) is -0.300. The minimum atomic E-state index is -3.94. The summed E-state index contributed by atoms with van der Waals surface area (Å²) in [6.45, 7) is 0.637. The van der Waals surface area contributed by atoms with Gasteiger partial charge in [0.2, 0.25) is 20.0 Å². The molecule has 0 radical (unpaired) electrons. The molecule has 1 unspecified atom stereocenters. The predicted molar refractivity (Wildman–Crippen MR) is 81.0 cm³/mol. The first-order valence-electron chi connectivity index (χ1n) is 6.11. The van der Waals surface area contributed by atoms with Gasteiger partial charge >= 0.3 is 0 Å². The molecule has 4 N–H and O–H groups in total. The van der Waals surface area contributed by atoms with E-state index in [1.165, 1.54) is 22.5 Å². The lowest BCUT2D eigenvalue weighted by Gasteiger charge is -2.22. The van der Waals surface area contributed by atoms with Crippen LogP contribution in [0.15, 0.2) is 34.1 Å². The quantitative estimate of drug-likeness (QED) is 0.778. The van der Waals surface area contributed by atoms with E-state index in [1.54, 1.807) is 0 Å². The molecule has 0 aliphatic carbocycles. The molecule has 0 amide bonds. The summed E-state index contributed by atoms with van der Waals surface area (Å²) < 4.78 is 49.0. The summed E-state index contributed by atoms with van der Waals surface area (Å²) in [5.74, 6) is 0. The van der Waals surface area contributed by atoms with Crippen molar-refractivity contribution in [1.82, 2.24) is 4.31 Å². The van der Waals surface area contributed by atoms with Gasteiger partial charge in [0.15, 0.2) is 0 Å². The van der Waals surface area contributed by atoms with Crippen molar-refractivity contribution in [2.75, 3.05) is 13.1 Å². The molecule has 10 heteroatoms. The van der Waals surface area contributed by atoms with Gasteiger partial charge in [-0.05, 0) is 31.0 Å². The van der Waals surface area contributed by atoms with Crippen molar-refractivity contribution in [3.63, 3.8) is 0 Å². The third kappa shape index (κ3) is 3.74. The highest BCUT2D eigenvalue weighted by Crippen LogP contribution is 2.26. The van der Waals surface area contributed by atoms with E-state index in [2.05, 4.69) is 0 Å². The highest BCUT2D eigenvalue weighted by molar-refractivity contribution is 7.90. The van der Waals surface area contributed by atoms with Crippen LogP contribution in [-0.2, 0) is 20.0 Å². The molecule has 0 bridgehead atoms. The van der Waals surface area contributed by atoms with Crippen molar-refractivity contribution in [2.45, 2.75) is 28.7 Å². The van der Waals surface area contributed by atoms with Crippen molar-refractivity contribution >= 4 is 32.5 Å². The Morgan fingerprint density at radius 1 is 1.19 bits per heavy atom. The van der Waals surface area contributed by atoms with Crippen LogP contribution in [0.1, 0.15) is 12.8 Å². The molecule has 1 aliphatic rings. The van der Waals surface area contributed by atoms with Gasteiger partial charge in [0.1, 0.15) is 0 Å². The van der Waals surface area contributed by atoms with Crippen molar-refractivity contribution in [1.29, 1.82) is 0 Å². The number of sulfonamides is 2. The van der Waals surface area contributed by atoms with E-state index >= 15 is 0 Å². The first kappa shape index (κ1) is 18.3. The SMILES string of the molecule is Cl.NCC1CCCN1S(=O)(=O)c1cccc(S(N)(=O)=O)c1. The molecule has 1 aromatic rings.